The second-order valence-electron chi connectivity index (χ2n) is 6.80. The van der Waals surface area contributed by atoms with Crippen molar-refractivity contribution in [2.24, 2.45) is 0 Å². The topological polar surface area (TPSA) is 61.8 Å². The maximum atomic E-state index is 12.1. The standard InChI is InChI=1S/C20H31F3O5S/c1-26-19-13-11-18(12-14-19)17-27-15-9-7-5-3-2-4-6-8-10-16-28-29(24,25)20(21,22)23/h11-14H,2-10,15-17H2,1H3. The Bertz CT molecular complexity index is 645. The molecule has 0 spiro atoms. The Morgan fingerprint density at radius 3 is 1.76 bits per heavy atom. The second-order valence-corrected chi connectivity index (χ2v) is 8.41. The van der Waals surface area contributed by atoms with E-state index in [1.165, 1.54) is 0 Å². The third-order valence-electron chi connectivity index (χ3n) is 4.38. The minimum absolute atomic E-state index is 0.306. The third kappa shape index (κ3) is 11.4. The number of benzene rings is 1. The van der Waals surface area contributed by atoms with Gasteiger partial charge in [0.15, 0.2) is 0 Å². The zero-order valence-corrected chi connectivity index (χ0v) is 17.7. The lowest BCUT2D eigenvalue weighted by molar-refractivity contribution is -0.0542. The van der Waals surface area contributed by atoms with Crippen molar-refractivity contribution in [1.29, 1.82) is 0 Å². The van der Waals surface area contributed by atoms with Gasteiger partial charge >= 0.3 is 15.6 Å². The van der Waals surface area contributed by atoms with Crippen LogP contribution in [0.5, 0.6) is 5.75 Å². The summed E-state index contributed by atoms with van der Waals surface area (Å²) in [5.41, 5.74) is -4.22. The van der Waals surface area contributed by atoms with Crippen LogP contribution in [0.3, 0.4) is 0 Å². The fourth-order valence-corrected chi connectivity index (χ4v) is 3.16. The Labute approximate surface area is 171 Å². The van der Waals surface area contributed by atoms with E-state index in [0.717, 1.165) is 62.9 Å². The van der Waals surface area contributed by atoms with Crippen molar-refractivity contribution in [2.45, 2.75) is 69.9 Å². The van der Waals surface area contributed by atoms with Crippen molar-refractivity contribution in [3.63, 3.8) is 0 Å². The quantitative estimate of drug-likeness (QED) is 0.191. The van der Waals surface area contributed by atoms with Crippen LogP contribution in [0.15, 0.2) is 24.3 Å². The fraction of sp³-hybridized carbons (Fsp3) is 0.700. The van der Waals surface area contributed by atoms with Gasteiger partial charge in [-0.2, -0.15) is 21.6 Å². The van der Waals surface area contributed by atoms with Crippen LogP contribution in [0, 0.1) is 0 Å². The van der Waals surface area contributed by atoms with Crippen LogP contribution < -0.4 is 4.74 Å². The molecule has 9 heteroatoms. The molecular weight excluding hydrogens is 409 g/mol. The lowest BCUT2D eigenvalue weighted by Gasteiger charge is -2.08. The molecule has 0 saturated heterocycles. The number of methoxy groups -OCH3 is 1. The van der Waals surface area contributed by atoms with E-state index in [1.54, 1.807) is 7.11 Å². The van der Waals surface area contributed by atoms with Crippen LogP contribution in [-0.2, 0) is 25.6 Å². The van der Waals surface area contributed by atoms with Crippen LogP contribution in [0.1, 0.15) is 63.4 Å². The summed E-state index contributed by atoms with van der Waals surface area (Å²) in [6.07, 6.45) is 8.23. The SMILES string of the molecule is COc1ccc(COCCCCCCCCCCCOS(=O)(=O)C(F)(F)F)cc1. The Hall–Kier alpha value is -1.32. The Kier molecular flexibility index (Phi) is 12.3. The predicted molar refractivity (Wildman–Crippen MR) is 105 cm³/mol. The summed E-state index contributed by atoms with van der Waals surface area (Å²) in [6.45, 7) is 0.906. The average Bonchev–Trinajstić information content (AvgIpc) is 2.67. The number of hydrogen-bond donors (Lipinski definition) is 0. The van der Waals surface area contributed by atoms with Crippen molar-refractivity contribution in [2.75, 3.05) is 20.3 Å². The van der Waals surface area contributed by atoms with Gasteiger partial charge in [0.1, 0.15) is 5.75 Å². The number of rotatable bonds is 16. The van der Waals surface area contributed by atoms with Crippen LogP contribution in [-0.4, -0.2) is 34.2 Å². The Balaban J connectivity index is 1.86. The maximum Gasteiger partial charge on any atom is 0.523 e. The van der Waals surface area contributed by atoms with Gasteiger partial charge < -0.3 is 9.47 Å². The number of unbranched alkanes of at least 4 members (excludes halogenated alkanes) is 8. The molecule has 0 saturated carbocycles. The van der Waals surface area contributed by atoms with Gasteiger partial charge in [0.05, 0.1) is 20.3 Å². The van der Waals surface area contributed by atoms with Crippen LogP contribution in [0.4, 0.5) is 13.2 Å². The first-order valence-electron chi connectivity index (χ1n) is 9.92. The summed E-state index contributed by atoms with van der Waals surface area (Å²) in [4.78, 5) is 0. The summed E-state index contributed by atoms with van der Waals surface area (Å²) in [5, 5.41) is 0. The van der Waals surface area contributed by atoms with E-state index < -0.39 is 22.2 Å². The molecule has 0 bridgehead atoms. The van der Waals surface area contributed by atoms with Gasteiger partial charge in [0, 0.05) is 6.61 Å². The van der Waals surface area contributed by atoms with Gasteiger partial charge in [0.25, 0.3) is 0 Å². The van der Waals surface area contributed by atoms with E-state index >= 15 is 0 Å². The summed E-state index contributed by atoms with van der Waals surface area (Å²) >= 11 is 0. The molecule has 0 unspecified atom stereocenters. The first kappa shape index (κ1) is 25.7. The van der Waals surface area contributed by atoms with Gasteiger partial charge in [-0.25, -0.2) is 0 Å². The smallest absolute Gasteiger partial charge is 0.497 e. The molecule has 0 aromatic heterocycles. The molecule has 0 N–H and O–H groups in total. The summed E-state index contributed by atoms with van der Waals surface area (Å²) in [7, 11) is -3.81. The Morgan fingerprint density at radius 2 is 1.28 bits per heavy atom. The van der Waals surface area contributed by atoms with Gasteiger partial charge in [-0.05, 0) is 30.5 Å². The summed E-state index contributed by atoms with van der Waals surface area (Å²) < 4.78 is 72.3. The van der Waals surface area contributed by atoms with E-state index in [9.17, 15) is 21.6 Å². The molecule has 0 amide bonds. The fourth-order valence-electron chi connectivity index (χ4n) is 2.69. The highest BCUT2D eigenvalue weighted by Crippen LogP contribution is 2.24. The molecule has 0 aliphatic carbocycles. The monoisotopic (exact) mass is 440 g/mol. The molecule has 5 nitrogen and oxygen atoms in total. The van der Waals surface area contributed by atoms with Crippen LogP contribution in [0.2, 0.25) is 0 Å². The predicted octanol–water partition coefficient (Wildman–Crippen LogP) is 5.59. The molecule has 1 aromatic carbocycles. The molecule has 0 aliphatic heterocycles. The Morgan fingerprint density at radius 1 is 0.793 bits per heavy atom. The van der Waals surface area contributed by atoms with Crippen LogP contribution in [0.25, 0.3) is 0 Å². The lowest BCUT2D eigenvalue weighted by Crippen LogP contribution is -2.25. The molecule has 0 radical (unpaired) electrons. The molecular formula is C20H31F3O5S. The van der Waals surface area contributed by atoms with Gasteiger partial charge in [0.2, 0.25) is 0 Å². The molecule has 0 fully saturated rings. The molecule has 168 valence electrons. The van der Waals surface area contributed by atoms with E-state index in [-0.39, 0.29) is 0 Å². The minimum Gasteiger partial charge on any atom is -0.497 e. The highest BCUT2D eigenvalue weighted by atomic mass is 32.2. The zero-order chi connectivity index (χ0) is 21.6. The van der Waals surface area contributed by atoms with E-state index in [4.69, 9.17) is 9.47 Å². The second kappa shape index (κ2) is 13.8. The average molecular weight is 441 g/mol. The number of hydrogen-bond acceptors (Lipinski definition) is 5. The number of ether oxygens (including phenoxy) is 2. The molecule has 0 heterocycles. The van der Waals surface area contributed by atoms with Crippen molar-refractivity contribution >= 4 is 10.1 Å². The third-order valence-corrected chi connectivity index (χ3v) is 5.43. The highest BCUT2D eigenvalue weighted by molar-refractivity contribution is 7.87. The lowest BCUT2D eigenvalue weighted by atomic mass is 10.1. The molecule has 0 aliphatic rings. The van der Waals surface area contributed by atoms with E-state index in [1.807, 2.05) is 24.3 Å². The zero-order valence-electron chi connectivity index (χ0n) is 16.9. The summed E-state index contributed by atoms with van der Waals surface area (Å²) in [6, 6.07) is 7.80. The molecule has 29 heavy (non-hydrogen) atoms. The van der Waals surface area contributed by atoms with Gasteiger partial charge in [-0.3, -0.25) is 4.18 Å². The normalized spacial score (nSPS) is 12.3. The van der Waals surface area contributed by atoms with Gasteiger partial charge in [-0.1, -0.05) is 57.1 Å². The van der Waals surface area contributed by atoms with Crippen molar-refractivity contribution < 1.29 is 35.2 Å². The largest absolute Gasteiger partial charge is 0.523 e. The van der Waals surface area contributed by atoms with Crippen molar-refractivity contribution in [3.8, 4) is 5.75 Å². The number of halogens is 3. The van der Waals surface area contributed by atoms with E-state index in [2.05, 4.69) is 4.18 Å². The molecule has 1 aromatic rings. The van der Waals surface area contributed by atoms with Gasteiger partial charge in [-0.15, -0.1) is 0 Å². The summed E-state index contributed by atoms with van der Waals surface area (Å²) in [5.74, 6) is 0.830. The van der Waals surface area contributed by atoms with E-state index in [0.29, 0.717) is 19.4 Å². The molecule has 0 atom stereocenters. The van der Waals surface area contributed by atoms with Crippen molar-refractivity contribution in [1.82, 2.24) is 0 Å². The first-order chi connectivity index (χ1) is 13.8. The first-order valence-corrected chi connectivity index (χ1v) is 11.3. The molecule has 1 rings (SSSR count). The number of alkyl halides is 3. The van der Waals surface area contributed by atoms with Crippen LogP contribution >= 0.6 is 0 Å². The maximum absolute atomic E-state index is 12.1. The minimum atomic E-state index is -5.45. The highest BCUT2D eigenvalue weighted by Gasteiger charge is 2.47. The van der Waals surface area contributed by atoms with Crippen molar-refractivity contribution in [3.05, 3.63) is 29.8 Å².